The molecule has 110 valence electrons. The van der Waals surface area contributed by atoms with Gasteiger partial charge in [-0.25, -0.2) is 9.78 Å². The first-order chi connectivity index (χ1) is 9.81. The van der Waals surface area contributed by atoms with Gasteiger partial charge in [0.1, 0.15) is 17.4 Å². The van der Waals surface area contributed by atoms with E-state index >= 15 is 0 Å². The Hall–Kier alpha value is -2.53. The van der Waals surface area contributed by atoms with Crippen LogP contribution in [-0.2, 0) is 4.74 Å². The third-order valence-corrected chi connectivity index (χ3v) is 2.34. The van der Waals surface area contributed by atoms with E-state index in [1.165, 1.54) is 0 Å². The second kappa shape index (κ2) is 7.31. The molecule has 1 N–H and O–H groups in total. The number of carbonyl (C=O) groups is 1. The summed E-state index contributed by atoms with van der Waals surface area (Å²) in [6, 6.07) is 3.83. The average molecular weight is 285 g/mol. The number of ether oxygens (including phenoxy) is 1. The summed E-state index contributed by atoms with van der Waals surface area (Å²) < 4.78 is 5.10. The number of nitriles is 1. The fourth-order valence-electron chi connectivity index (χ4n) is 1.47. The van der Waals surface area contributed by atoms with Gasteiger partial charge in [-0.3, -0.25) is 0 Å². The van der Waals surface area contributed by atoms with Crippen molar-refractivity contribution in [2.45, 2.75) is 39.7 Å². The number of amides is 1. The molecule has 1 rings (SSSR count). The van der Waals surface area contributed by atoms with E-state index < -0.39 is 11.7 Å². The Morgan fingerprint density at radius 1 is 1.48 bits per heavy atom. The Bertz CT molecular complexity index is 613. The largest absolute Gasteiger partial charge is 0.444 e. The molecule has 0 atom stereocenters. The van der Waals surface area contributed by atoms with Crippen LogP contribution in [0.2, 0.25) is 0 Å². The van der Waals surface area contributed by atoms with Gasteiger partial charge in [-0.1, -0.05) is 11.8 Å². The highest BCUT2D eigenvalue weighted by molar-refractivity contribution is 5.67. The number of hydrogen-bond acceptors (Lipinski definition) is 4. The van der Waals surface area contributed by atoms with Crippen LogP contribution in [0.1, 0.15) is 44.0 Å². The van der Waals surface area contributed by atoms with Crippen LogP contribution in [0, 0.1) is 30.1 Å². The van der Waals surface area contributed by atoms with Crippen LogP contribution >= 0.6 is 0 Å². The predicted octanol–water partition coefficient (Wildman–Crippen LogP) is 2.53. The van der Waals surface area contributed by atoms with Crippen molar-refractivity contribution >= 4 is 6.09 Å². The van der Waals surface area contributed by atoms with E-state index in [0.29, 0.717) is 18.7 Å². The molecule has 0 aliphatic rings. The van der Waals surface area contributed by atoms with Crippen molar-refractivity contribution in [1.29, 1.82) is 5.26 Å². The van der Waals surface area contributed by atoms with Crippen LogP contribution in [0.15, 0.2) is 12.3 Å². The number of carbonyl (C=O) groups excluding carboxylic acids is 1. The summed E-state index contributed by atoms with van der Waals surface area (Å²) in [6.07, 6.45) is 1.64. The first kappa shape index (κ1) is 16.5. The highest BCUT2D eigenvalue weighted by Crippen LogP contribution is 2.06. The van der Waals surface area contributed by atoms with Gasteiger partial charge in [0.25, 0.3) is 0 Å². The van der Waals surface area contributed by atoms with E-state index in [0.717, 1.165) is 11.1 Å². The summed E-state index contributed by atoms with van der Waals surface area (Å²) >= 11 is 0. The molecule has 0 saturated heterocycles. The van der Waals surface area contributed by atoms with Crippen molar-refractivity contribution in [1.82, 2.24) is 10.3 Å². The Labute approximate surface area is 125 Å². The number of pyridine rings is 1. The summed E-state index contributed by atoms with van der Waals surface area (Å²) in [5.41, 5.74) is 1.47. The fourth-order valence-corrected chi connectivity index (χ4v) is 1.47. The Morgan fingerprint density at radius 2 is 2.19 bits per heavy atom. The number of rotatable bonds is 2. The second-order valence-corrected chi connectivity index (χ2v) is 5.48. The average Bonchev–Trinajstić information content (AvgIpc) is 2.36. The van der Waals surface area contributed by atoms with Crippen LogP contribution in [0.5, 0.6) is 0 Å². The normalized spacial score (nSPS) is 10.0. The van der Waals surface area contributed by atoms with Gasteiger partial charge in [-0.05, 0) is 39.3 Å². The number of nitrogens with zero attached hydrogens (tertiary/aromatic N) is 2. The monoisotopic (exact) mass is 285 g/mol. The molecule has 5 heteroatoms. The number of aromatic nitrogens is 1. The minimum Gasteiger partial charge on any atom is -0.444 e. The number of alkyl carbamates (subject to hydrolysis) is 1. The Morgan fingerprint density at radius 3 is 2.76 bits per heavy atom. The quantitative estimate of drug-likeness (QED) is 0.669. The molecule has 1 heterocycles. The van der Waals surface area contributed by atoms with E-state index in [2.05, 4.69) is 22.1 Å². The maximum absolute atomic E-state index is 11.4. The molecule has 1 aromatic heterocycles. The van der Waals surface area contributed by atoms with Gasteiger partial charge < -0.3 is 10.1 Å². The van der Waals surface area contributed by atoms with Gasteiger partial charge in [0, 0.05) is 24.7 Å². The zero-order valence-corrected chi connectivity index (χ0v) is 12.8. The van der Waals surface area contributed by atoms with Gasteiger partial charge in [0.15, 0.2) is 0 Å². The van der Waals surface area contributed by atoms with Gasteiger partial charge in [0.05, 0.1) is 0 Å². The molecule has 0 saturated carbocycles. The van der Waals surface area contributed by atoms with E-state index in [1.54, 1.807) is 6.20 Å². The molecule has 5 nitrogen and oxygen atoms in total. The van der Waals surface area contributed by atoms with Crippen LogP contribution < -0.4 is 5.32 Å². The molecule has 0 aromatic carbocycles. The molecule has 0 radical (unpaired) electrons. The standard InChI is InChI=1S/C16H19N3O2/c1-12-9-13(11-19-14(12)10-17)7-5-6-8-18-15(20)21-16(2,3)4/h9,11H,6,8H2,1-4H3,(H,18,20). The number of aryl methyl sites for hydroxylation is 1. The molecule has 0 bridgehead atoms. The molecule has 21 heavy (non-hydrogen) atoms. The lowest BCUT2D eigenvalue weighted by Crippen LogP contribution is -2.32. The minimum atomic E-state index is -0.499. The van der Waals surface area contributed by atoms with E-state index in [1.807, 2.05) is 39.8 Å². The first-order valence-electron chi connectivity index (χ1n) is 6.64. The topological polar surface area (TPSA) is 75.0 Å². The first-order valence-corrected chi connectivity index (χ1v) is 6.64. The highest BCUT2D eigenvalue weighted by atomic mass is 16.6. The van der Waals surface area contributed by atoms with Gasteiger partial charge in [0.2, 0.25) is 0 Å². The molecule has 0 fully saturated rings. The highest BCUT2D eigenvalue weighted by Gasteiger charge is 2.15. The lowest BCUT2D eigenvalue weighted by molar-refractivity contribution is 0.0529. The zero-order chi connectivity index (χ0) is 15.9. The van der Waals surface area contributed by atoms with Crippen molar-refractivity contribution in [2.75, 3.05) is 6.54 Å². The van der Waals surface area contributed by atoms with Crippen molar-refractivity contribution in [3.8, 4) is 17.9 Å². The maximum Gasteiger partial charge on any atom is 0.407 e. The Kier molecular flexibility index (Phi) is 5.75. The molecule has 0 aliphatic carbocycles. The third kappa shape index (κ3) is 6.44. The molecule has 0 unspecified atom stereocenters. The van der Waals surface area contributed by atoms with Gasteiger partial charge in [-0.15, -0.1) is 0 Å². The van der Waals surface area contributed by atoms with Crippen molar-refractivity contribution in [3.63, 3.8) is 0 Å². The third-order valence-electron chi connectivity index (χ3n) is 2.34. The van der Waals surface area contributed by atoms with Crippen molar-refractivity contribution in [3.05, 3.63) is 29.1 Å². The van der Waals surface area contributed by atoms with Crippen LogP contribution in [-0.4, -0.2) is 23.2 Å². The summed E-state index contributed by atoms with van der Waals surface area (Å²) in [5.74, 6) is 5.89. The summed E-state index contributed by atoms with van der Waals surface area (Å²) in [4.78, 5) is 15.4. The Balaban J connectivity index is 2.42. The second-order valence-electron chi connectivity index (χ2n) is 5.48. The summed E-state index contributed by atoms with van der Waals surface area (Å²) in [6.45, 7) is 7.68. The summed E-state index contributed by atoms with van der Waals surface area (Å²) in [5, 5.41) is 11.4. The molecule has 1 amide bonds. The molecule has 1 aromatic rings. The van der Waals surface area contributed by atoms with Gasteiger partial charge in [-0.2, -0.15) is 5.26 Å². The molecule has 0 spiro atoms. The van der Waals surface area contributed by atoms with E-state index in [4.69, 9.17) is 10.00 Å². The molecule has 0 aliphatic heterocycles. The van der Waals surface area contributed by atoms with Crippen LogP contribution in [0.4, 0.5) is 4.79 Å². The van der Waals surface area contributed by atoms with E-state index in [-0.39, 0.29) is 0 Å². The predicted molar refractivity (Wildman–Crippen MR) is 79.4 cm³/mol. The zero-order valence-electron chi connectivity index (χ0n) is 12.8. The number of hydrogen-bond donors (Lipinski definition) is 1. The SMILES string of the molecule is Cc1cc(C#CCCNC(=O)OC(C)(C)C)cnc1C#N. The van der Waals surface area contributed by atoms with E-state index in [9.17, 15) is 4.79 Å². The number of nitrogens with one attached hydrogen (secondary N) is 1. The van der Waals surface area contributed by atoms with Gasteiger partial charge >= 0.3 is 6.09 Å². The van der Waals surface area contributed by atoms with Crippen molar-refractivity contribution < 1.29 is 9.53 Å². The molecular weight excluding hydrogens is 266 g/mol. The lowest BCUT2D eigenvalue weighted by atomic mass is 10.1. The lowest BCUT2D eigenvalue weighted by Gasteiger charge is -2.19. The molecular formula is C16H19N3O2. The smallest absolute Gasteiger partial charge is 0.407 e. The summed E-state index contributed by atoms with van der Waals surface area (Å²) in [7, 11) is 0. The fraction of sp³-hybridized carbons (Fsp3) is 0.438. The maximum atomic E-state index is 11.4. The van der Waals surface area contributed by atoms with Crippen LogP contribution in [0.25, 0.3) is 0 Å². The van der Waals surface area contributed by atoms with Crippen LogP contribution in [0.3, 0.4) is 0 Å². The minimum absolute atomic E-state index is 0.409. The van der Waals surface area contributed by atoms with Crippen molar-refractivity contribution in [2.24, 2.45) is 0 Å².